The highest BCUT2D eigenvalue weighted by Crippen LogP contribution is 2.28. The lowest BCUT2D eigenvalue weighted by Crippen LogP contribution is -2.42. The second-order valence-corrected chi connectivity index (χ2v) is 5.58. The van der Waals surface area contributed by atoms with Crippen molar-refractivity contribution in [3.8, 4) is 11.5 Å². The van der Waals surface area contributed by atoms with Crippen molar-refractivity contribution in [2.75, 3.05) is 13.2 Å². The highest BCUT2D eigenvalue weighted by atomic mass is 16.5. The first-order valence-electron chi connectivity index (χ1n) is 8.52. The molecule has 6 heteroatoms. The molecule has 2 aromatic carbocycles. The van der Waals surface area contributed by atoms with Gasteiger partial charge in [-0.2, -0.15) is 0 Å². The van der Waals surface area contributed by atoms with Gasteiger partial charge in [0.05, 0.1) is 13.2 Å². The first-order valence-corrected chi connectivity index (χ1v) is 8.52. The van der Waals surface area contributed by atoms with E-state index >= 15 is 0 Å². The molecule has 0 unspecified atom stereocenters. The fourth-order valence-corrected chi connectivity index (χ4v) is 2.48. The van der Waals surface area contributed by atoms with Crippen molar-refractivity contribution in [2.45, 2.75) is 26.3 Å². The number of carboxylic acids is 1. The van der Waals surface area contributed by atoms with Gasteiger partial charge in [-0.3, -0.25) is 4.79 Å². The van der Waals surface area contributed by atoms with Crippen LogP contribution in [0, 0.1) is 0 Å². The standard InChI is InChI=1S/C20H23NO5/c1-3-25-17-11-10-15(13-18(17)26-4-2)19(22)21-16(20(23)24)12-14-8-6-5-7-9-14/h5-11,13,16H,3-4,12H2,1-2H3,(H,21,22)(H,23,24)/t16-/m0/s1. The normalized spacial score (nSPS) is 11.5. The van der Waals surface area contributed by atoms with Crippen LogP contribution in [0.2, 0.25) is 0 Å². The number of carbonyl (C=O) groups is 2. The van der Waals surface area contributed by atoms with Gasteiger partial charge in [0.15, 0.2) is 11.5 Å². The van der Waals surface area contributed by atoms with Crippen LogP contribution in [-0.2, 0) is 11.2 Å². The minimum Gasteiger partial charge on any atom is -0.490 e. The molecule has 26 heavy (non-hydrogen) atoms. The molecule has 0 aliphatic carbocycles. The van der Waals surface area contributed by atoms with E-state index in [1.54, 1.807) is 18.2 Å². The monoisotopic (exact) mass is 357 g/mol. The number of rotatable bonds is 9. The van der Waals surface area contributed by atoms with Gasteiger partial charge in [0.2, 0.25) is 0 Å². The molecule has 2 rings (SSSR count). The SMILES string of the molecule is CCOc1ccc(C(=O)N[C@@H](Cc2ccccc2)C(=O)O)cc1OCC. The molecule has 0 bridgehead atoms. The zero-order valence-corrected chi connectivity index (χ0v) is 14.9. The maximum Gasteiger partial charge on any atom is 0.326 e. The van der Waals surface area contributed by atoms with Gasteiger partial charge in [0, 0.05) is 12.0 Å². The number of aliphatic carboxylic acids is 1. The minimum atomic E-state index is -1.09. The lowest BCUT2D eigenvalue weighted by molar-refractivity contribution is -0.139. The topological polar surface area (TPSA) is 84.9 Å². The van der Waals surface area contributed by atoms with Gasteiger partial charge >= 0.3 is 5.97 Å². The number of carboxylic acid groups (broad SMARTS) is 1. The highest BCUT2D eigenvalue weighted by molar-refractivity contribution is 5.97. The molecule has 0 spiro atoms. The van der Waals surface area contributed by atoms with E-state index < -0.39 is 17.9 Å². The largest absolute Gasteiger partial charge is 0.490 e. The van der Waals surface area contributed by atoms with E-state index in [1.807, 2.05) is 44.2 Å². The summed E-state index contributed by atoms with van der Waals surface area (Å²) in [5.74, 6) is -0.558. The highest BCUT2D eigenvalue weighted by Gasteiger charge is 2.22. The van der Waals surface area contributed by atoms with E-state index in [0.717, 1.165) is 5.56 Å². The number of nitrogens with one attached hydrogen (secondary N) is 1. The summed E-state index contributed by atoms with van der Waals surface area (Å²) in [6.45, 7) is 4.60. The van der Waals surface area contributed by atoms with Crippen LogP contribution in [-0.4, -0.2) is 36.2 Å². The smallest absolute Gasteiger partial charge is 0.326 e. The van der Waals surface area contributed by atoms with Crippen molar-refractivity contribution < 1.29 is 24.2 Å². The molecule has 2 N–H and O–H groups in total. The van der Waals surface area contributed by atoms with Crippen LogP contribution in [0.5, 0.6) is 11.5 Å². The molecule has 0 aromatic heterocycles. The Labute approximate surface area is 152 Å². The van der Waals surface area contributed by atoms with Crippen molar-refractivity contribution in [3.63, 3.8) is 0 Å². The summed E-state index contributed by atoms with van der Waals surface area (Å²) in [4.78, 5) is 24.0. The molecule has 6 nitrogen and oxygen atoms in total. The van der Waals surface area contributed by atoms with Crippen LogP contribution >= 0.6 is 0 Å². The molecule has 0 aliphatic heterocycles. The van der Waals surface area contributed by atoms with Gasteiger partial charge in [0.25, 0.3) is 5.91 Å². The second-order valence-electron chi connectivity index (χ2n) is 5.58. The minimum absolute atomic E-state index is 0.206. The molecular weight excluding hydrogens is 334 g/mol. The third-order valence-electron chi connectivity index (χ3n) is 3.69. The van der Waals surface area contributed by atoms with Gasteiger partial charge in [-0.15, -0.1) is 0 Å². The third kappa shape index (κ3) is 5.24. The summed E-state index contributed by atoms with van der Waals surface area (Å²) in [7, 11) is 0. The Morgan fingerprint density at radius 3 is 2.27 bits per heavy atom. The molecule has 138 valence electrons. The number of carbonyl (C=O) groups excluding carboxylic acids is 1. The molecule has 1 atom stereocenters. The lowest BCUT2D eigenvalue weighted by atomic mass is 10.1. The average Bonchev–Trinajstić information content (AvgIpc) is 2.63. The Morgan fingerprint density at radius 2 is 1.65 bits per heavy atom. The van der Waals surface area contributed by atoms with Gasteiger partial charge in [-0.05, 0) is 37.6 Å². The number of ether oxygens (including phenoxy) is 2. The van der Waals surface area contributed by atoms with Crippen LogP contribution in [0.15, 0.2) is 48.5 Å². The molecule has 0 heterocycles. The summed E-state index contributed by atoms with van der Waals surface area (Å²) in [5.41, 5.74) is 1.15. The zero-order chi connectivity index (χ0) is 18.9. The van der Waals surface area contributed by atoms with Crippen molar-refractivity contribution in [2.24, 2.45) is 0 Å². The summed E-state index contributed by atoms with van der Waals surface area (Å²) in [6.07, 6.45) is 0.206. The second kappa shape index (κ2) is 9.46. The Balaban J connectivity index is 2.15. The predicted octanol–water partition coefficient (Wildman–Crippen LogP) is 2.91. The van der Waals surface area contributed by atoms with Crippen molar-refractivity contribution in [1.82, 2.24) is 5.32 Å². The fraction of sp³-hybridized carbons (Fsp3) is 0.300. The van der Waals surface area contributed by atoms with E-state index in [0.29, 0.717) is 30.3 Å². The summed E-state index contributed by atoms with van der Waals surface area (Å²) < 4.78 is 11.0. The number of hydrogen-bond acceptors (Lipinski definition) is 4. The third-order valence-corrected chi connectivity index (χ3v) is 3.69. The Kier molecular flexibility index (Phi) is 7.02. The van der Waals surface area contributed by atoms with Crippen LogP contribution in [0.4, 0.5) is 0 Å². The fourth-order valence-electron chi connectivity index (χ4n) is 2.48. The lowest BCUT2D eigenvalue weighted by Gasteiger charge is -2.16. The summed E-state index contributed by atoms with van der Waals surface area (Å²) in [6, 6.07) is 12.9. The van der Waals surface area contributed by atoms with Crippen molar-refractivity contribution in [1.29, 1.82) is 0 Å². The number of benzene rings is 2. The van der Waals surface area contributed by atoms with Crippen molar-refractivity contribution >= 4 is 11.9 Å². The average molecular weight is 357 g/mol. The maximum atomic E-state index is 12.5. The quantitative estimate of drug-likeness (QED) is 0.721. The zero-order valence-electron chi connectivity index (χ0n) is 14.9. The first-order chi connectivity index (χ1) is 12.5. The van der Waals surface area contributed by atoms with Gasteiger partial charge in [-0.1, -0.05) is 30.3 Å². The Hall–Kier alpha value is -3.02. The predicted molar refractivity (Wildman–Crippen MR) is 97.8 cm³/mol. The number of amides is 1. The molecular formula is C20H23NO5. The van der Waals surface area contributed by atoms with Gasteiger partial charge < -0.3 is 19.9 Å². The molecule has 0 aliphatic rings. The Bertz CT molecular complexity index is 745. The summed E-state index contributed by atoms with van der Waals surface area (Å²) in [5, 5.41) is 12.0. The molecule has 0 fully saturated rings. The van der Waals surface area contributed by atoms with Crippen molar-refractivity contribution in [3.05, 3.63) is 59.7 Å². The Morgan fingerprint density at radius 1 is 1.00 bits per heavy atom. The van der Waals surface area contributed by atoms with E-state index in [2.05, 4.69) is 5.32 Å². The van der Waals surface area contributed by atoms with Crippen LogP contribution in [0.1, 0.15) is 29.8 Å². The van der Waals surface area contributed by atoms with Crippen LogP contribution in [0.3, 0.4) is 0 Å². The summed E-state index contributed by atoms with van der Waals surface area (Å²) >= 11 is 0. The van der Waals surface area contributed by atoms with E-state index in [-0.39, 0.29) is 6.42 Å². The maximum absolute atomic E-state index is 12.5. The van der Waals surface area contributed by atoms with Gasteiger partial charge in [0.1, 0.15) is 6.04 Å². The van der Waals surface area contributed by atoms with E-state index in [9.17, 15) is 14.7 Å². The molecule has 0 saturated carbocycles. The van der Waals surface area contributed by atoms with E-state index in [1.165, 1.54) is 0 Å². The van der Waals surface area contributed by atoms with Crippen LogP contribution < -0.4 is 14.8 Å². The van der Waals surface area contributed by atoms with E-state index in [4.69, 9.17) is 9.47 Å². The molecule has 2 aromatic rings. The first kappa shape index (κ1) is 19.3. The number of hydrogen-bond donors (Lipinski definition) is 2. The molecule has 1 amide bonds. The molecule has 0 saturated heterocycles. The molecule has 0 radical (unpaired) electrons. The van der Waals surface area contributed by atoms with Crippen LogP contribution in [0.25, 0.3) is 0 Å². The van der Waals surface area contributed by atoms with Gasteiger partial charge in [-0.25, -0.2) is 4.79 Å².